The van der Waals surface area contributed by atoms with Gasteiger partial charge in [-0.25, -0.2) is 4.79 Å². The van der Waals surface area contributed by atoms with E-state index in [2.05, 4.69) is 41.6 Å². The summed E-state index contributed by atoms with van der Waals surface area (Å²) < 4.78 is 5.38. The van der Waals surface area contributed by atoms with Gasteiger partial charge in [-0.3, -0.25) is 0 Å². The molecule has 1 aromatic carbocycles. The van der Waals surface area contributed by atoms with E-state index in [-0.39, 0.29) is 6.09 Å². The number of ether oxygens (including phenoxy) is 1. The number of hydrogen-bond acceptors (Lipinski definition) is 3. The van der Waals surface area contributed by atoms with E-state index in [1.54, 1.807) is 14.1 Å². The highest BCUT2D eigenvalue weighted by atomic mass is 127. The number of carbonyl (C=O) groups excluding carboxylic acids is 1. The van der Waals surface area contributed by atoms with Gasteiger partial charge in [-0.05, 0) is 47.5 Å². The number of hydrogen-bond donors (Lipinski definition) is 0. The lowest BCUT2D eigenvalue weighted by Gasteiger charge is -2.22. The van der Waals surface area contributed by atoms with Crippen molar-refractivity contribution in [2.75, 3.05) is 38.0 Å². The van der Waals surface area contributed by atoms with Gasteiger partial charge in [-0.1, -0.05) is 35.4 Å². The van der Waals surface area contributed by atoms with Crippen LogP contribution in [0.15, 0.2) is 18.2 Å². The fraction of sp³-hybridized carbons (Fsp3) is 0.588. The normalized spacial score (nSPS) is 14.1. The van der Waals surface area contributed by atoms with Crippen LogP contribution < -0.4 is 9.64 Å². The predicted molar refractivity (Wildman–Crippen MR) is 102 cm³/mol. The Hall–Kier alpha value is -0.980. The van der Waals surface area contributed by atoms with Crippen LogP contribution in [0.5, 0.6) is 5.75 Å². The standard InChI is InChI=1S/C16H24N2O2.CH3I/c1-17(2)15-10-9-13(20-16(19)18(3)4)11-14(15)12-7-5-6-8-12;1-2/h9-12H,5-8H2,1-4H3;1H3. The van der Waals surface area contributed by atoms with Gasteiger partial charge in [-0.15, -0.1) is 0 Å². The van der Waals surface area contributed by atoms with Gasteiger partial charge in [0.25, 0.3) is 0 Å². The molecule has 0 spiro atoms. The van der Waals surface area contributed by atoms with Crippen LogP contribution in [0.25, 0.3) is 0 Å². The van der Waals surface area contributed by atoms with Crippen molar-refractivity contribution >= 4 is 34.4 Å². The van der Waals surface area contributed by atoms with E-state index in [9.17, 15) is 4.79 Å². The summed E-state index contributed by atoms with van der Waals surface area (Å²) in [5.41, 5.74) is 2.53. The zero-order valence-corrected chi connectivity index (χ0v) is 16.4. The molecule has 2 rings (SSSR count). The highest BCUT2D eigenvalue weighted by Crippen LogP contribution is 2.40. The van der Waals surface area contributed by atoms with E-state index in [1.165, 1.54) is 41.8 Å². The number of anilines is 1. The number of benzene rings is 1. The largest absolute Gasteiger partial charge is 0.414 e. The zero-order valence-electron chi connectivity index (χ0n) is 14.2. The first-order valence-corrected chi connectivity index (χ1v) is 9.73. The monoisotopic (exact) mass is 418 g/mol. The molecule has 0 N–H and O–H groups in total. The lowest BCUT2D eigenvalue weighted by atomic mass is 9.95. The average Bonchev–Trinajstić information content (AvgIpc) is 3.03. The molecule has 1 aliphatic rings. The van der Waals surface area contributed by atoms with Crippen LogP contribution in [-0.2, 0) is 0 Å². The van der Waals surface area contributed by atoms with Crippen LogP contribution in [0.1, 0.15) is 37.2 Å². The maximum absolute atomic E-state index is 11.7. The SMILES string of the molecule is CI.CN(C)C(=O)Oc1ccc(N(C)C)c(C2CCCC2)c1. The molecule has 0 aliphatic heterocycles. The van der Waals surface area contributed by atoms with Crippen LogP contribution in [-0.4, -0.2) is 44.1 Å². The van der Waals surface area contributed by atoms with Crippen LogP contribution in [0.2, 0.25) is 0 Å². The Bertz CT molecular complexity index is 484. The number of carbonyl (C=O) groups is 1. The second-order valence-electron chi connectivity index (χ2n) is 5.86. The summed E-state index contributed by atoms with van der Waals surface area (Å²) in [6, 6.07) is 5.95. The second kappa shape index (κ2) is 9.22. The summed E-state index contributed by atoms with van der Waals surface area (Å²) in [6.07, 6.45) is 4.70. The summed E-state index contributed by atoms with van der Waals surface area (Å²) in [5, 5.41) is 0. The molecule has 1 amide bonds. The first kappa shape index (κ1) is 19.1. The van der Waals surface area contributed by atoms with Crippen molar-refractivity contribution in [2.45, 2.75) is 31.6 Å². The molecule has 124 valence electrons. The molecule has 1 fully saturated rings. The smallest absolute Gasteiger partial charge is 0.410 e. The molecular formula is C17H27IN2O2. The Balaban J connectivity index is 0.00000116. The molecule has 0 saturated heterocycles. The Kier molecular flexibility index (Phi) is 8.00. The minimum Gasteiger partial charge on any atom is -0.410 e. The third-order valence-electron chi connectivity index (χ3n) is 3.85. The zero-order chi connectivity index (χ0) is 16.7. The molecule has 0 heterocycles. The highest BCUT2D eigenvalue weighted by Gasteiger charge is 2.22. The van der Waals surface area contributed by atoms with Crippen molar-refractivity contribution < 1.29 is 9.53 Å². The van der Waals surface area contributed by atoms with Crippen molar-refractivity contribution in [1.82, 2.24) is 4.90 Å². The van der Waals surface area contributed by atoms with Crippen LogP contribution in [0.3, 0.4) is 0 Å². The van der Waals surface area contributed by atoms with Crippen LogP contribution in [0.4, 0.5) is 10.5 Å². The molecular weight excluding hydrogens is 391 g/mol. The molecule has 22 heavy (non-hydrogen) atoms. The van der Waals surface area contributed by atoms with Crippen LogP contribution >= 0.6 is 22.6 Å². The number of nitrogens with zero attached hydrogens (tertiary/aromatic N) is 2. The van der Waals surface area contributed by atoms with Gasteiger partial charge in [0.05, 0.1) is 0 Å². The van der Waals surface area contributed by atoms with Crippen molar-refractivity contribution in [1.29, 1.82) is 0 Å². The predicted octanol–water partition coefficient (Wildman–Crippen LogP) is 4.52. The molecule has 1 aromatic rings. The first-order valence-electron chi connectivity index (χ1n) is 7.57. The van der Waals surface area contributed by atoms with E-state index < -0.39 is 0 Å². The molecule has 1 saturated carbocycles. The molecule has 0 aromatic heterocycles. The summed E-state index contributed by atoms with van der Waals surface area (Å²) in [5.74, 6) is 1.22. The number of amides is 1. The molecule has 1 aliphatic carbocycles. The molecule has 5 heteroatoms. The van der Waals surface area contributed by atoms with Gasteiger partial charge in [0.15, 0.2) is 0 Å². The molecule has 0 bridgehead atoms. The van der Waals surface area contributed by atoms with Gasteiger partial charge in [0, 0.05) is 33.9 Å². The topological polar surface area (TPSA) is 32.8 Å². The van der Waals surface area contributed by atoms with E-state index in [0.717, 1.165) is 0 Å². The molecule has 0 atom stereocenters. The first-order chi connectivity index (χ1) is 10.5. The van der Waals surface area contributed by atoms with Crippen molar-refractivity contribution in [3.05, 3.63) is 23.8 Å². The number of alkyl halides is 1. The van der Waals surface area contributed by atoms with Gasteiger partial charge >= 0.3 is 6.09 Å². The van der Waals surface area contributed by atoms with E-state index in [0.29, 0.717) is 11.7 Å². The second-order valence-corrected chi connectivity index (χ2v) is 5.86. The van der Waals surface area contributed by atoms with E-state index in [1.807, 2.05) is 23.1 Å². The minimum atomic E-state index is -0.333. The molecule has 0 unspecified atom stereocenters. The lowest BCUT2D eigenvalue weighted by Crippen LogP contribution is -2.25. The molecule has 0 radical (unpaired) electrons. The van der Waals surface area contributed by atoms with Gasteiger partial charge in [0.1, 0.15) is 5.75 Å². The third-order valence-corrected chi connectivity index (χ3v) is 3.85. The quantitative estimate of drug-likeness (QED) is 0.535. The molecule has 4 nitrogen and oxygen atoms in total. The maximum atomic E-state index is 11.7. The Labute approximate surface area is 148 Å². The third kappa shape index (κ3) is 5.04. The van der Waals surface area contributed by atoms with Crippen molar-refractivity contribution in [3.63, 3.8) is 0 Å². The lowest BCUT2D eigenvalue weighted by molar-refractivity contribution is 0.172. The van der Waals surface area contributed by atoms with Crippen molar-refractivity contribution in [2.24, 2.45) is 0 Å². The fourth-order valence-corrected chi connectivity index (χ4v) is 2.76. The Morgan fingerprint density at radius 1 is 1.14 bits per heavy atom. The summed E-state index contributed by atoms with van der Waals surface area (Å²) >= 11 is 2.15. The van der Waals surface area contributed by atoms with Crippen molar-refractivity contribution in [3.8, 4) is 5.75 Å². The average molecular weight is 418 g/mol. The van der Waals surface area contributed by atoms with E-state index in [4.69, 9.17) is 4.74 Å². The Morgan fingerprint density at radius 2 is 1.73 bits per heavy atom. The minimum absolute atomic E-state index is 0.333. The van der Waals surface area contributed by atoms with Gasteiger partial charge < -0.3 is 14.5 Å². The van der Waals surface area contributed by atoms with Gasteiger partial charge in [0.2, 0.25) is 0 Å². The highest BCUT2D eigenvalue weighted by molar-refractivity contribution is 14.1. The number of rotatable bonds is 3. The summed E-state index contributed by atoms with van der Waals surface area (Å²) in [6.45, 7) is 0. The summed E-state index contributed by atoms with van der Waals surface area (Å²) in [4.78, 5) is 17.2. The maximum Gasteiger partial charge on any atom is 0.414 e. The Morgan fingerprint density at radius 3 is 2.23 bits per heavy atom. The van der Waals surface area contributed by atoms with Gasteiger partial charge in [-0.2, -0.15) is 0 Å². The fourth-order valence-electron chi connectivity index (χ4n) is 2.76. The number of halogens is 1. The summed E-state index contributed by atoms with van der Waals surface area (Å²) in [7, 11) is 7.49. The van der Waals surface area contributed by atoms with Crippen LogP contribution in [0, 0.1) is 0 Å². The van der Waals surface area contributed by atoms with E-state index >= 15 is 0 Å².